The van der Waals surface area contributed by atoms with Gasteiger partial charge in [-0.05, 0) is 32.2 Å². The highest BCUT2D eigenvalue weighted by molar-refractivity contribution is 7.07. The Hall–Kier alpha value is -0.980. The summed E-state index contributed by atoms with van der Waals surface area (Å²) in [6.45, 7) is 5.85. The van der Waals surface area contributed by atoms with E-state index in [9.17, 15) is 4.79 Å². The van der Waals surface area contributed by atoms with Gasteiger partial charge in [0.15, 0.2) is 0 Å². The van der Waals surface area contributed by atoms with Crippen molar-refractivity contribution in [1.82, 2.24) is 14.8 Å². The Balaban J connectivity index is 1.43. The summed E-state index contributed by atoms with van der Waals surface area (Å²) in [5.41, 5.74) is 2.65. The molecular formula is C16H23N3O2S. The zero-order valence-corrected chi connectivity index (χ0v) is 13.7. The van der Waals surface area contributed by atoms with Gasteiger partial charge in [-0.3, -0.25) is 9.69 Å². The third kappa shape index (κ3) is 2.68. The van der Waals surface area contributed by atoms with Crippen LogP contribution in [0.25, 0.3) is 0 Å². The van der Waals surface area contributed by atoms with Crippen molar-refractivity contribution in [1.29, 1.82) is 0 Å². The molecule has 6 heteroatoms. The molecule has 3 fully saturated rings. The van der Waals surface area contributed by atoms with Gasteiger partial charge in [0.1, 0.15) is 5.69 Å². The first-order valence-electron chi connectivity index (χ1n) is 8.25. The van der Waals surface area contributed by atoms with Crippen LogP contribution >= 0.6 is 11.3 Å². The summed E-state index contributed by atoms with van der Waals surface area (Å²) in [4.78, 5) is 21.4. The van der Waals surface area contributed by atoms with Crippen molar-refractivity contribution < 1.29 is 9.53 Å². The van der Waals surface area contributed by atoms with Crippen LogP contribution < -0.4 is 0 Å². The van der Waals surface area contributed by atoms with E-state index in [4.69, 9.17) is 4.74 Å². The zero-order chi connectivity index (χ0) is 15.0. The quantitative estimate of drug-likeness (QED) is 0.834. The minimum absolute atomic E-state index is 0.114. The molecule has 1 aromatic rings. The number of ether oxygens (including phenoxy) is 1. The number of hydrogen-bond acceptors (Lipinski definition) is 5. The van der Waals surface area contributed by atoms with Gasteiger partial charge in [-0.1, -0.05) is 0 Å². The van der Waals surface area contributed by atoms with E-state index in [1.807, 2.05) is 10.3 Å². The first kappa shape index (κ1) is 14.6. The van der Waals surface area contributed by atoms with E-state index < -0.39 is 0 Å². The van der Waals surface area contributed by atoms with Gasteiger partial charge in [0, 0.05) is 43.1 Å². The molecule has 0 aromatic carbocycles. The number of carbonyl (C=O) groups excluding carboxylic acids is 1. The SMILES string of the molecule is O=C(c1cscn1)N1CCC[C@]2(CCN([C@H]3CCOC3)C2)C1. The summed E-state index contributed by atoms with van der Waals surface area (Å²) in [6, 6.07) is 0.601. The van der Waals surface area contributed by atoms with Gasteiger partial charge >= 0.3 is 0 Å². The van der Waals surface area contributed by atoms with Gasteiger partial charge in [-0.2, -0.15) is 0 Å². The highest BCUT2D eigenvalue weighted by atomic mass is 32.1. The van der Waals surface area contributed by atoms with Crippen molar-refractivity contribution in [3.05, 3.63) is 16.6 Å². The van der Waals surface area contributed by atoms with Crippen LogP contribution in [0.1, 0.15) is 36.2 Å². The molecule has 0 radical (unpaired) electrons. The average Bonchev–Trinajstić information content (AvgIpc) is 3.28. The maximum absolute atomic E-state index is 12.6. The molecule has 2 atom stereocenters. The van der Waals surface area contributed by atoms with Crippen molar-refractivity contribution >= 4 is 17.2 Å². The van der Waals surface area contributed by atoms with Crippen LogP contribution in [0.15, 0.2) is 10.9 Å². The van der Waals surface area contributed by atoms with E-state index >= 15 is 0 Å². The third-order valence-corrected chi connectivity index (χ3v) is 6.08. The summed E-state index contributed by atoms with van der Waals surface area (Å²) in [5, 5.41) is 1.86. The van der Waals surface area contributed by atoms with Gasteiger partial charge in [-0.25, -0.2) is 4.98 Å². The van der Waals surface area contributed by atoms with Crippen molar-refractivity contribution in [2.75, 3.05) is 39.4 Å². The molecule has 1 spiro atoms. The summed E-state index contributed by atoms with van der Waals surface area (Å²) >= 11 is 1.49. The number of nitrogens with zero attached hydrogens (tertiary/aromatic N) is 3. The molecule has 4 heterocycles. The smallest absolute Gasteiger partial charge is 0.273 e. The largest absolute Gasteiger partial charge is 0.380 e. The van der Waals surface area contributed by atoms with Gasteiger partial charge in [0.05, 0.1) is 12.1 Å². The second-order valence-corrected chi connectivity index (χ2v) is 7.66. The molecule has 0 N–H and O–H groups in total. The highest BCUT2D eigenvalue weighted by Crippen LogP contribution is 2.40. The molecule has 3 aliphatic rings. The Labute approximate surface area is 135 Å². The van der Waals surface area contributed by atoms with Crippen LogP contribution in [0.3, 0.4) is 0 Å². The molecule has 3 aliphatic heterocycles. The highest BCUT2D eigenvalue weighted by Gasteiger charge is 2.44. The average molecular weight is 321 g/mol. The number of rotatable bonds is 2. The molecule has 0 aliphatic carbocycles. The van der Waals surface area contributed by atoms with Crippen molar-refractivity contribution in [3.8, 4) is 0 Å². The molecule has 3 saturated heterocycles. The summed E-state index contributed by atoms with van der Waals surface area (Å²) in [5.74, 6) is 0.114. The van der Waals surface area contributed by atoms with Crippen LogP contribution in [0.4, 0.5) is 0 Å². The topological polar surface area (TPSA) is 45.7 Å². The number of amides is 1. The lowest BCUT2D eigenvalue weighted by atomic mass is 9.79. The summed E-state index contributed by atoms with van der Waals surface area (Å²) in [7, 11) is 0. The van der Waals surface area contributed by atoms with Gasteiger partial charge in [0.25, 0.3) is 5.91 Å². The number of carbonyl (C=O) groups is 1. The number of aromatic nitrogens is 1. The zero-order valence-electron chi connectivity index (χ0n) is 12.9. The van der Waals surface area contributed by atoms with Crippen LogP contribution in [-0.2, 0) is 4.74 Å². The molecule has 0 bridgehead atoms. The number of hydrogen-bond donors (Lipinski definition) is 0. The second-order valence-electron chi connectivity index (χ2n) is 6.94. The fourth-order valence-electron chi connectivity index (χ4n) is 4.29. The van der Waals surface area contributed by atoms with Gasteiger partial charge in [0.2, 0.25) is 0 Å². The number of thiazole rings is 1. The van der Waals surface area contributed by atoms with Crippen molar-refractivity contribution in [2.45, 2.75) is 31.7 Å². The fourth-order valence-corrected chi connectivity index (χ4v) is 4.81. The van der Waals surface area contributed by atoms with E-state index in [1.165, 1.54) is 24.2 Å². The van der Waals surface area contributed by atoms with E-state index in [1.54, 1.807) is 5.51 Å². The lowest BCUT2D eigenvalue weighted by Gasteiger charge is -2.40. The second kappa shape index (κ2) is 5.91. The molecule has 22 heavy (non-hydrogen) atoms. The van der Waals surface area contributed by atoms with Crippen LogP contribution in [-0.4, -0.2) is 66.1 Å². The number of likely N-dealkylation sites (tertiary alicyclic amines) is 2. The Morgan fingerprint density at radius 3 is 3.09 bits per heavy atom. The lowest BCUT2D eigenvalue weighted by molar-refractivity contribution is 0.0506. The van der Waals surface area contributed by atoms with Crippen molar-refractivity contribution in [3.63, 3.8) is 0 Å². The molecule has 0 saturated carbocycles. The predicted molar refractivity (Wildman–Crippen MR) is 85.1 cm³/mol. The Bertz CT molecular complexity index is 530. The standard InChI is InChI=1S/C16H23N3O2S/c20-15(14-9-22-12-17-14)19-5-1-3-16(11-19)4-6-18(10-16)13-2-7-21-8-13/h9,12-13H,1-8,10-11H2/t13-,16+/m0/s1. The number of piperidine rings is 1. The van der Waals surface area contributed by atoms with E-state index in [0.717, 1.165) is 52.2 Å². The molecule has 0 unspecified atom stereocenters. The maximum atomic E-state index is 12.6. The Morgan fingerprint density at radius 1 is 1.36 bits per heavy atom. The molecule has 5 nitrogen and oxygen atoms in total. The van der Waals surface area contributed by atoms with E-state index in [2.05, 4.69) is 9.88 Å². The minimum atomic E-state index is 0.114. The Kier molecular flexibility index (Phi) is 3.92. The first-order chi connectivity index (χ1) is 10.8. The molecule has 120 valence electrons. The van der Waals surface area contributed by atoms with Crippen LogP contribution in [0.2, 0.25) is 0 Å². The molecule has 1 aromatic heterocycles. The minimum Gasteiger partial charge on any atom is -0.380 e. The monoisotopic (exact) mass is 321 g/mol. The molecule has 1 amide bonds. The molecular weight excluding hydrogens is 298 g/mol. The Morgan fingerprint density at radius 2 is 2.32 bits per heavy atom. The molecule has 4 rings (SSSR count). The van der Waals surface area contributed by atoms with Crippen molar-refractivity contribution in [2.24, 2.45) is 5.41 Å². The first-order valence-corrected chi connectivity index (χ1v) is 9.19. The summed E-state index contributed by atoms with van der Waals surface area (Å²) in [6.07, 6.45) is 4.74. The van der Waals surface area contributed by atoms with Crippen LogP contribution in [0.5, 0.6) is 0 Å². The predicted octanol–water partition coefficient (Wildman–Crippen LogP) is 1.86. The lowest BCUT2D eigenvalue weighted by Crippen LogP contribution is -2.48. The van der Waals surface area contributed by atoms with Gasteiger partial charge in [-0.15, -0.1) is 11.3 Å². The fraction of sp³-hybridized carbons (Fsp3) is 0.750. The third-order valence-electron chi connectivity index (χ3n) is 5.49. The van der Waals surface area contributed by atoms with E-state index in [0.29, 0.717) is 17.2 Å². The van der Waals surface area contributed by atoms with Crippen LogP contribution in [0, 0.1) is 5.41 Å². The summed E-state index contributed by atoms with van der Waals surface area (Å²) < 4.78 is 5.54. The van der Waals surface area contributed by atoms with E-state index in [-0.39, 0.29) is 5.91 Å². The normalized spacial score (nSPS) is 32.9. The maximum Gasteiger partial charge on any atom is 0.273 e. The van der Waals surface area contributed by atoms with Gasteiger partial charge < -0.3 is 9.64 Å².